The molecular weight excluding hydrogens is 224 g/mol. The van der Waals surface area contributed by atoms with Crippen LogP contribution in [-0.2, 0) is 6.54 Å². The largest absolute Gasteiger partial charge is 0.330 e. The van der Waals surface area contributed by atoms with Crippen molar-refractivity contribution < 1.29 is 0 Å². The molecule has 0 radical (unpaired) electrons. The molecule has 0 amide bonds. The zero-order chi connectivity index (χ0) is 13.0. The van der Waals surface area contributed by atoms with Gasteiger partial charge in [-0.15, -0.1) is 0 Å². The molecular formula is C14H24N4. The highest BCUT2D eigenvalue weighted by atomic mass is 15.3. The highest BCUT2D eigenvalue weighted by molar-refractivity contribution is 5.08. The number of piperazine rings is 1. The zero-order valence-electron chi connectivity index (χ0n) is 11.4. The van der Waals surface area contributed by atoms with Crippen LogP contribution in [-0.4, -0.2) is 53.5 Å². The van der Waals surface area contributed by atoms with Gasteiger partial charge in [0, 0.05) is 44.1 Å². The van der Waals surface area contributed by atoms with E-state index in [-0.39, 0.29) is 0 Å². The Balaban J connectivity index is 1.97. The summed E-state index contributed by atoms with van der Waals surface area (Å²) < 4.78 is 0. The molecule has 1 fully saturated rings. The lowest BCUT2D eigenvalue weighted by molar-refractivity contribution is 0.0443. The number of pyridine rings is 1. The molecule has 1 aliphatic rings. The van der Waals surface area contributed by atoms with Gasteiger partial charge in [0.1, 0.15) is 0 Å². The summed E-state index contributed by atoms with van der Waals surface area (Å²) in [6.07, 6.45) is 4.86. The number of hydrogen-bond donors (Lipinski definition) is 1. The van der Waals surface area contributed by atoms with Crippen molar-refractivity contribution in [3.8, 4) is 0 Å². The van der Waals surface area contributed by atoms with E-state index in [0.29, 0.717) is 12.1 Å². The Morgan fingerprint density at radius 1 is 1.44 bits per heavy atom. The Morgan fingerprint density at radius 2 is 2.28 bits per heavy atom. The maximum absolute atomic E-state index is 5.71. The molecule has 0 spiro atoms. The third kappa shape index (κ3) is 3.28. The quantitative estimate of drug-likeness (QED) is 0.861. The van der Waals surface area contributed by atoms with Gasteiger partial charge in [-0.2, -0.15) is 0 Å². The molecule has 2 rings (SSSR count). The Hall–Kier alpha value is -0.970. The average molecular weight is 248 g/mol. The first-order valence-electron chi connectivity index (χ1n) is 6.74. The summed E-state index contributed by atoms with van der Waals surface area (Å²) in [6, 6.07) is 5.32. The SMILES string of the molecule is CC1CN(Cc2cccnc2)CC(CCN)N1C. The Morgan fingerprint density at radius 3 is 2.94 bits per heavy atom. The maximum Gasteiger partial charge on any atom is 0.0312 e. The van der Waals surface area contributed by atoms with E-state index < -0.39 is 0 Å². The van der Waals surface area contributed by atoms with E-state index in [1.165, 1.54) is 5.56 Å². The fourth-order valence-corrected chi connectivity index (χ4v) is 2.73. The second kappa shape index (κ2) is 6.27. The van der Waals surface area contributed by atoms with E-state index >= 15 is 0 Å². The van der Waals surface area contributed by atoms with Crippen LogP contribution >= 0.6 is 0 Å². The van der Waals surface area contributed by atoms with Crippen molar-refractivity contribution >= 4 is 0 Å². The molecule has 4 nitrogen and oxygen atoms in total. The smallest absolute Gasteiger partial charge is 0.0312 e. The summed E-state index contributed by atoms with van der Waals surface area (Å²) in [4.78, 5) is 9.16. The Labute approximate surface area is 110 Å². The number of nitrogens with zero attached hydrogens (tertiary/aromatic N) is 3. The van der Waals surface area contributed by atoms with E-state index in [1.807, 2.05) is 18.5 Å². The molecule has 18 heavy (non-hydrogen) atoms. The van der Waals surface area contributed by atoms with Gasteiger partial charge >= 0.3 is 0 Å². The molecule has 2 atom stereocenters. The van der Waals surface area contributed by atoms with Crippen molar-refractivity contribution in [3.05, 3.63) is 30.1 Å². The van der Waals surface area contributed by atoms with E-state index in [1.54, 1.807) is 0 Å². The van der Waals surface area contributed by atoms with E-state index in [9.17, 15) is 0 Å². The van der Waals surface area contributed by atoms with Crippen LogP contribution in [0.4, 0.5) is 0 Å². The monoisotopic (exact) mass is 248 g/mol. The Kier molecular flexibility index (Phi) is 4.69. The van der Waals surface area contributed by atoms with E-state index in [2.05, 4.69) is 34.8 Å². The molecule has 0 aromatic carbocycles. The molecule has 0 aliphatic carbocycles. The predicted octanol–water partition coefficient (Wildman–Crippen LogP) is 0.935. The number of nitrogens with two attached hydrogens (primary N) is 1. The zero-order valence-corrected chi connectivity index (χ0v) is 11.4. The summed E-state index contributed by atoms with van der Waals surface area (Å²) in [5.41, 5.74) is 7.00. The van der Waals surface area contributed by atoms with Crippen LogP contribution in [0.25, 0.3) is 0 Å². The first-order chi connectivity index (χ1) is 8.70. The van der Waals surface area contributed by atoms with Crippen LogP contribution in [0, 0.1) is 0 Å². The van der Waals surface area contributed by atoms with Gasteiger partial charge in [-0.05, 0) is 38.6 Å². The van der Waals surface area contributed by atoms with Crippen LogP contribution < -0.4 is 5.73 Å². The van der Waals surface area contributed by atoms with Crippen molar-refractivity contribution in [1.29, 1.82) is 0 Å². The number of hydrogen-bond acceptors (Lipinski definition) is 4. The van der Waals surface area contributed by atoms with Gasteiger partial charge < -0.3 is 5.73 Å². The van der Waals surface area contributed by atoms with Crippen LogP contribution in [0.3, 0.4) is 0 Å². The van der Waals surface area contributed by atoms with Crippen molar-refractivity contribution in [2.45, 2.75) is 32.0 Å². The number of aromatic nitrogens is 1. The van der Waals surface area contributed by atoms with Gasteiger partial charge in [-0.25, -0.2) is 0 Å². The fraction of sp³-hybridized carbons (Fsp3) is 0.643. The summed E-state index contributed by atoms with van der Waals surface area (Å²) in [7, 11) is 2.21. The lowest BCUT2D eigenvalue weighted by Crippen LogP contribution is -2.56. The van der Waals surface area contributed by atoms with Gasteiger partial charge in [-0.1, -0.05) is 6.07 Å². The second-order valence-corrected chi connectivity index (χ2v) is 5.30. The maximum atomic E-state index is 5.71. The Bertz CT molecular complexity index is 354. The summed E-state index contributed by atoms with van der Waals surface area (Å²) in [5, 5.41) is 0. The number of rotatable bonds is 4. The van der Waals surface area contributed by atoms with Crippen LogP contribution in [0.5, 0.6) is 0 Å². The minimum absolute atomic E-state index is 0.579. The lowest BCUT2D eigenvalue weighted by Gasteiger charge is -2.44. The van der Waals surface area contributed by atoms with Crippen LogP contribution in [0.2, 0.25) is 0 Å². The minimum atomic E-state index is 0.579. The topological polar surface area (TPSA) is 45.4 Å². The van der Waals surface area contributed by atoms with Gasteiger partial charge in [0.25, 0.3) is 0 Å². The van der Waals surface area contributed by atoms with Crippen molar-refractivity contribution in [1.82, 2.24) is 14.8 Å². The van der Waals surface area contributed by atoms with Gasteiger partial charge in [-0.3, -0.25) is 14.8 Å². The van der Waals surface area contributed by atoms with Gasteiger partial charge in [0.2, 0.25) is 0 Å². The van der Waals surface area contributed by atoms with E-state index in [4.69, 9.17) is 5.73 Å². The molecule has 0 bridgehead atoms. The first-order valence-corrected chi connectivity index (χ1v) is 6.74. The van der Waals surface area contributed by atoms with Gasteiger partial charge in [0.05, 0.1) is 0 Å². The fourth-order valence-electron chi connectivity index (χ4n) is 2.73. The van der Waals surface area contributed by atoms with E-state index in [0.717, 1.165) is 32.6 Å². The molecule has 1 aromatic rings. The number of likely N-dealkylation sites (N-methyl/N-ethyl adjacent to an activating group) is 1. The van der Waals surface area contributed by atoms with Gasteiger partial charge in [0.15, 0.2) is 0 Å². The van der Waals surface area contributed by atoms with Crippen molar-refractivity contribution in [2.24, 2.45) is 5.73 Å². The molecule has 4 heteroatoms. The predicted molar refractivity (Wildman–Crippen MR) is 74.2 cm³/mol. The molecule has 2 N–H and O–H groups in total. The lowest BCUT2D eigenvalue weighted by atomic mass is 10.0. The third-order valence-electron chi connectivity index (χ3n) is 3.89. The average Bonchev–Trinajstić information content (AvgIpc) is 2.37. The van der Waals surface area contributed by atoms with Crippen molar-refractivity contribution in [2.75, 3.05) is 26.7 Å². The first kappa shape index (κ1) is 13.5. The molecule has 1 aliphatic heterocycles. The van der Waals surface area contributed by atoms with Crippen LogP contribution in [0.15, 0.2) is 24.5 Å². The normalized spacial score (nSPS) is 26.4. The second-order valence-electron chi connectivity index (χ2n) is 5.30. The molecule has 2 heterocycles. The summed E-state index contributed by atoms with van der Waals surface area (Å²) >= 11 is 0. The molecule has 100 valence electrons. The molecule has 0 saturated carbocycles. The minimum Gasteiger partial charge on any atom is -0.330 e. The standard InChI is InChI=1S/C14H24N4/c1-12-9-18(10-13-4-3-7-16-8-13)11-14(5-6-15)17(12)2/h3-4,7-8,12,14H,5-6,9-11,15H2,1-2H3. The van der Waals surface area contributed by atoms with Crippen molar-refractivity contribution in [3.63, 3.8) is 0 Å². The highest BCUT2D eigenvalue weighted by Gasteiger charge is 2.28. The summed E-state index contributed by atoms with van der Waals surface area (Å²) in [6.45, 7) is 6.27. The summed E-state index contributed by atoms with van der Waals surface area (Å²) in [5.74, 6) is 0. The van der Waals surface area contributed by atoms with Crippen LogP contribution in [0.1, 0.15) is 18.9 Å². The highest BCUT2D eigenvalue weighted by Crippen LogP contribution is 2.17. The molecule has 1 aromatic heterocycles. The third-order valence-corrected chi connectivity index (χ3v) is 3.89. The molecule has 2 unspecified atom stereocenters. The molecule has 1 saturated heterocycles.